The fraction of sp³-hybridized carbons (Fsp3) is 0.375. The average molecular weight is 1320 g/mol. The zero-order chi connectivity index (χ0) is 69.6. The minimum absolute atomic E-state index is 0.752. The Balaban J connectivity index is 0.000000120. The smallest absolute Gasteiger partial charge is 0.194 e. The van der Waals surface area contributed by atoms with Crippen molar-refractivity contribution in [1.29, 1.82) is 0 Å². The van der Waals surface area contributed by atoms with E-state index in [1.807, 2.05) is 0 Å². The second-order valence-electron chi connectivity index (χ2n) is 30.9. The number of hydrogen-bond acceptors (Lipinski definition) is 0. The van der Waals surface area contributed by atoms with Crippen LogP contribution in [0.4, 0.5) is 0 Å². The molecule has 4 aliphatic carbocycles. The molecule has 4 aromatic heterocycles. The van der Waals surface area contributed by atoms with Crippen molar-refractivity contribution in [2.75, 3.05) is 0 Å². The standard InChI is InChI=1S/C25H30N.2C24H28N.C23H26N/c1-17-14-18(2)19(3)23(15-17)25-13-11-22-16-21(10-12-24(22)26(25)4)20-8-6-5-7-9-20;1-17-9-10-18(2)22(15-17)24-14-12-21-16-20(11-13-23(21)25(24)3)19-7-5-4-6-8-19;1-17-9-10-18(2)22(15-17)23-14-13-20-11-12-21(16-24(20)25(23)3)19-7-5-4-6-8-19;1-17-8-6-7-11-21(17)22-15-14-19-12-13-20(16-23(19)24(22)2)18-9-4-3-5-10-18/h10-16,20H,5-9H2,1-4H3;2*9-16,19H,4-8H2,1-3H3;6-8,11-16,18H,3-5,9-10H2,1-2H3/q4*+1. The Morgan fingerprint density at radius 3 is 0.960 bits per heavy atom. The average Bonchev–Trinajstić information content (AvgIpc) is 0.785. The molecule has 100 heavy (non-hydrogen) atoms. The van der Waals surface area contributed by atoms with Crippen LogP contribution in [0.15, 0.2) is 194 Å². The largest absolute Gasteiger partial charge is 0.213 e. The molecule has 0 unspecified atom stereocenters. The second kappa shape index (κ2) is 31.5. The lowest BCUT2D eigenvalue weighted by Gasteiger charge is -2.22. The normalized spacial score (nSPS) is 15.6. The topological polar surface area (TPSA) is 15.5 Å². The first-order valence-corrected chi connectivity index (χ1v) is 38.6. The summed E-state index contributed by atoms with van der Waals surface area (Å²) in [4.78, 5) is 0. The fourth-order valence-electron chi connectivity index (χ4n) is 17.7. The van der Waals surface area contributed by atoms with E-state index in [1.165, 1.54) is 284 Å². The Morgan fingerprint density at radius 2 is 0.550 bits per heavy atom. The first kappa shape index (κ1) is 69.9. The predicted molar refractivity (Wildman–Crippen MR) is 423 cm³/mol. The van der Waals surface area contributed by atoms with Crippen LogP contribution < -0.4 is 18.3 Å². The van der Waals surface area contributed by atoms with E-state index in [2.05, 4.69) is 296 Å². The van der Waals surface area contributed by atoms with Crippen LogP contribution in [0.25, 0.3) is 88.6 Å². The molecular weight excluding hydrogens is 1210 g/mol. The van der Waals surface area contributed by atoms with Crippen LogP contribution in [0.1, 0.15) is 219 Å². The molecule has 4 saturated carbocycles. The Labute approximate surface area is 599 Å². The zero-order valence-electron chi connectivity index (χ0n) is 62.7. The van der Waals surface area contributed by atoms with Crippen molar-refractivity contribution >= 4 is 43.6 Å². The molecule has 4 heterocycles. The van der Waals surface area contributed by atoms with Gasteiger partial charge in [0.1, 0.15) is 28.2 Å². The van der Waals surface area contributed by atoms with Crippen molar-refractivity contribution in [3.8, 4) is 45.0 Å². The highest BCUT2D eigenvalue weighted by Crippen LogP contribution is 2.39. The lowest BCUT2D eigenvalue weighted by Crippen LogP contribution is -2.32. The van der Waals surface area contributed by atoms with Crippen LogP contribution >= 0.6 is 0 Å². The van der Waals surface area contributed by atoms with E-state index >= 15 is 0 Å². The molecule has 4 heteroatoms. The lowest BCUT2D eigenvalue weighted by molar-refractivity contribution is -0.633. The van der Waals surface area contributed by atoms with Gasteiger partial charge in [-0.1, -0.05) is 167 Å². The van der Waals surface area contributed by atoms with E-state index in [9.17, 15) is 0 Å². The summed E-state index contributed by atoms with van der Waals surface area (Å²) in [5.74, 6) is 3.04. The Morgan fingerprint density at radius 1 is 0.230 bits per heavy atom. The van der Waals surface area contributed by atoms with E-state index < -0.39 is 0 Å². The predicted octanol–water partition coefficient (Wildman–Crippen LogP) is 24.0. The van der Waals surface area contributed by atoms with Gasteiger partial charge >= 0.3 is 0 Å². The molecule has 0 amide bonds. The minimum Gasteiger partial charge on any atom is -0.194 e. The summed E-state index contributed by atoms with van der Waals surface area (Å²) in [6.45, 7) is 17.6. The molecule has 4 aliphatic rings. The lowest BCUT2D eigenvalue weighted by atomic mass is 9.83. The van der Waals surface area contributed by atoms with Crippen LogP contribution in [-0.4, -0.2) is 0 Å². The van der Waals surface area contributed by atoms with Crippen molar-refractivity contribution in [3.63, 3.8) is 0 Å². The van der Waals surface area contributed by atoms with Gasteiger partial charge in [0, 0.05) is 92.3 Å². The minimum atomic E-state index is 0.752. The van der Waals surface area contributed by atoms with Gasteiger partial charge in [0.15, 0.2) is 0 Å². The van der Waals surface area contributed by atoms with Crippen molar-refractivity contribution < 1.29 is 18.3 Å². The first-order chi connectivity index (χ1) is 48.5. The van der Waals surface area contributed by atoms with Gasteiger partial charge in [0.2, 0.25) is 44.8 Å². The van der Waals surface area contributed by atoms with Crippen LogP contribution in [-0.2, 0) is 28.2 Å². The van der Waals surface area contributed by atoms with E-state index in [0.717, 1.165) is 23.7 Å². The highest BCUT2D eigenvalue weighted by molar-refractivity contribution is 5.82. The third-order valence-corrected chi connectivity index (χ3v) is 23.9. The van der Waals surface area contributed by atoms with Gasteiger partial charge in [0.05, 0.1) is 0 Å². The fourth-order valence-corrected chi connectivity index (χ4v) is 17.7. The van der Waals surface area contributed by atoms with Gasteiger partial charge in [-0.05, 0) is 253 Å². The number of hydrogen-bond donors (Lipinski definition) is 0. The number of rotatable bonds is 8. The highest BCUT2D eigenvalue weighted by atomic mass is 15.0. The van der Waals surface area contributed by atoms with Gasteiger partial charge in [-0.2, -0.15) is 18.3 Å². The van der Waals surface area contributed by atoms with Crippen molar-refractivity contribution in [2.45, 2.75) is 207 Å². The van der Waals surface area contributed by atoms with Crippen molar-refractivity contribution in [1.82, 2.24) is 0 Å². The maximum absolute atomic E-state index is 2.44. The van der Waals surface area contributed by atoms with E-state index in [0.29, 0.717) is 0 Å². The van der Waals surface area contributed by atoms with Gasteiger partial charge in [-0.3, -0.25) is 0 Å². The molecule has 0 aliphatic heterocycles. The number of aromatic nitrogens is 4. The maximum Gasteiger partial charge on any atom is 0.213 e. The van der Waals surface area contributed by atoms with E-state index in [4.69, 9.17) is 0 Å². The molecule has 0 radical (unpaired) electrons. The van der Waals surface area contributed by atoms with E-state index in [1.54, 1.807) is 0 Å². The zero-order valence-corrected chi connectivity index (χ0v) is 62.7. The molecule has 16 rings (SSSR count). The van der Waals surface area contributed by atoms with E-state index in [-0.39, 0.29) is 0 Å². The summed E-state index contributed by atoms with van der Waals surface area (Å²) in [6.07, 6.45) is 27.6. The number of benzene rings is 8. The number of pyridine rings is 4. The molecule has 12 aromatic rings. The van der Waals surface area contributed by atoms with Gasteiger partial charge in [0.25, 0.3) is 0 Å². The highest BCUT2D eigenvalue weighted by Gasteiger charge is 2.26. The maximum atomic E-state index is 2.44. The second-order valence-corrected chi connectivity index (χ2v) is 30.9. The summed E-state index contributed by atoms with van der Waals surface area (Å²) in [6, 6.07) is 73.4. The van der Waals surface area contributed by atoms with Crippen molar-refractivity contribution in [3.05, 3.63) is 261 Å². The number of fused-ring (bicyclic) bond motifs is 4. The summed E-state index contributed by atoms with van der Waals surface area (Å²) >= 11 is 0. The number of nitrogens with zero attached hydrogens (tertiary/aromatic N) is 4. The quantitative estimate of drug-likeness (QED) is 0.135. The van der Waals surface area contributed by atoms with Crippen molar-refractivity contribution in [2.24, 2.45) is 28.2 Å². The SMILES string of the molecule is Cc1cc(C)c(C)c(-c2ccc3cc(C4CCCCC4)ccc3[n+]2C)c1.Cc1ccc(C)c(-c2ccc3cc(C4CCCCC4)ccc3[n+]2C)c1.Cc1ccc(C)c(-c2ccc3ccc(C4CCCCC4)cc3[n+]2C)c1.Cc1ccccc1-c1ccc2ccc(C3CCCCC3)cc2[n+]1C. The summed E-state index contributed by atoms with van der Waals surface area (Å²) in [5, 5.41) is 5.38. The molecule has 0 spiro atoms. The summed E-state index contributed by atoms with van der Waals surface area (Å²) < 4.78 is 9.45. The van der Waals surface area contributed by atoms with Crippen LogP contribution in [0.2, 0.25) is 0 Å². The van der Waals surface area contributed by atoms with Crippen LogP contribution in [0, 0.1) is 55.4 Å². The van der Waals surface area contributed by atoms with Gasteiger partial charge < -0.3 is 0 Å². The molecule has 512 valence electrons. The number of aryl methyl sites for hydroxylation is 11. The monoisotopic (exact) mass is 1320 g/mol. The molecule has 8 aromatic carbocycles. The Bertz CT molecular complexity index is 4910. The Hall–Kier alpha value is -8.60. The van der Waals surface area contributed by atoms with Gasteiger partial charge in [-0.25, -0.2) is 0 Å². The van der Waals surface area contributed by atoms with Crippen LogP contribution in [0.5, 0.6) is 0 Å². The molecular formula is C96H112N4+4. The molecule has 4 fully saturated rings. The Kier molecular flexibility index (Phi) is 22.0. The summed E-state index contributed by atoms with van der Waals surface area (Å²) in [5.41, 5.74) is 32.7. The van der Waals surface area contributed by atoms with Gasteiger partial charge in [-0.15, -0.1) is 0 Å². The third-order valence-electron chi connectivity index (χ3n) is 23.9. The third kappa shape index (κ3) is 15.5. The summed E-state index contributed by atoms with van der Waals surface area (Å²) in [7, 11) is 8.81. The molecule has 0 N–H and O–H groups in total. The molecule has 4 nitrogen and oxygen atoms in total. The molecule has 0 saturated heterocycles. The van der Waals surface area contributed by atoms with Crippen LogP contribution in [0.3, 0.4) is 0 Å². The molecule has 0 atom stereocenters. The first-order valence-electron chi connectivity index (χ1n) is 38.6. The molecule has 0 bridgehead atoms.